The summed E-state index contributed by atoms with van der Waals surface area (Å²) in [7, 11) is 0. The van der Waals surface area contributed by atoms with Gasteiger partial charge in [0.05, 0.1) is 4.91 Å². The van der Waals surface area contributed by atoms with E-state index in [1.165, 1.54) is 0 Å². The Labute approximate surface area is 123 Å². The summed E-state index contributed by atoms with van der Waals surface area (Å²) in [5.41, 5.74) is 0.726. The molecule has 2 amide bonds. The Hall–Kier alpha value is -1.53. The molecule has 1 aliphatic rings. The van der Waals surface area contributed by atoms with Gasteiger partial charge in [-0.25, -0.2) is 0 Å². The number of hydrogen-bond acceptors (Lipinski definition) is 4. The van der Waals surface area contributed by atoms with Crippen molar-refractivity contribution in [3.8, 4) is 5.75 Å². The van der Waals surface area contributed by atoms with Gasteiger partial charge in [0.2, 0.25) is 0 Å². The third kappa shape index (κ3) is 3.48. The second-order valence-corrected chi connectivity index (χ2v) is 5.56. The van der Waals surface area contributed by atoms with Crippen molar-refractivity contribution in [3.05, 3.63) is 45.8 Å². The van der Waals surface area contributed by atoms with Crippen LogP contribution in [0, 0.1) is 0 Å². The van der Waals surface area contributed by atoms with Crippen molar-refractivity contribution in [2.24, 2.45) is 0 Å². The molecule has 6 heteroatoms. The van der Waals surface area contributed by atoms with Crippen LogP contribution in [0.2, 0.25) is 0 Å². The van der Waals surface area contributed by atoms with Crippen molar-refractivity contribution in [2.45, 2.75) is 0 Å². The number of imide groups is 1. The van der Waals surface area contributed by atoms with E-state index in [0.717, 1.165) is 21.8 Å². The maximum atomic E-state index is 11.5. The summed E-state index contributed by atoms with van der Waals surface area (Å²) in [4.78, 5) is 23.0. The van der Waals surface area contributed by atoms with Gasteiger partial charge in [-0.15, -0.1) is 0 Å². The first-order chi connectivity index (χ1) is 9.10. The van der Waals surface area contributed by atoms with Gasteiger partial charge in [0.1, 0.15) is 12.4 Å². The molecule has 1 aromatic rings. The summed E-state index contributed by atoms with van der Waals surface area (Å²) in [5.74, 6) is 0.244. The molecule has 0 atom stereocenters. The van der Waals surface area contributed by atoms with Crippen LogP contribution >= 0.6 is 27.7 Å². The van der Waals surface area contributed by atoms with E-state index < -0.39 is 0 Å². The van der Waals surface area contributed by atoms with Gasteiger partial charge < -0.3 is 4.74 Å². The first kappa shape index (κ1) is 13.9. The predicted octanol–water partition coefficient (Wildman–Crippen LogP) is 3.34. The predicted molar refractivity (Wildman–Crippen MR) is 78.9 cm³/mol. The smallest absolute Gasteiger partial charge is 0.290 e. The molecule has 1 fully saturated rings. The molecule has 4 nitrogen and oxygen atoms in total. The number of amides is 2. The Kier molecular flexibility index (Phi) is 4.44. The fourth-order valence-corrected chi connectivity index (χ4v) is 2.53. The van der Waals surface area contributed by atoms with Crippen LogP contribution in [-0.2, 0) is 4.79 Å². The van der Waals surface area contributed by atoms with E-state index >= 15 is 0 Å². The molecule has 98 valence electrons. The van der Waals surface area contributed by atoms with Gasteiger partial charge in [-0.2, -0.15) is 0 Å². The number of nitrogens with one attached hydrogen (secondary N) is 1. The van der Waals surface area contributed by atoms with E-state index in [4.69, 9.17) is 4.74 Å². The molecule has 1 aliphatic heterocycles. The Bertz CT molecular complexity index is 583. The topological polar surface area (TPSA) is 55.4 Å². The van der Waals surface area contributed by atoms with Gasteiger partial charge in [-0.3, -0.25) is 14.9 Å². The molecule has 19 heavy (non-hydrogen) atoms. The molecule has 1 heterocycles. The lowest BCUT2D eigenvalue weighted by molar-refractivity contribution is -0.115. The molecule has 0 aliphatic carbocycles. The summed E-state index contributed by atoms with van der Waals surface area (Å²) in [5, 5.41) is 1.85. The second kappa shape index (κ2) is 6.08. The molecular weight excluding hydrogens is 330 g/mol. The van der Waals surface area contributed by atoms with E-state index in [0.29, 0.717) is 17.3 Å². The highest BCUT2D eigenvalue weighted by Crippen LogP contribution is 2.30. The molecule has 1 aromatic carbocycles. The monoisotopic (exact) mass is 339 g/mol. The highest BCUT2D eigenvalue weighted by atomic mass is 79.9. The zero-order valence-electron chi connectivity index (χ0n) is 9.81. The molecule has 2 rings (SSSR count). The average molecular weight is 340 g/mol. The van der Waals surface area contributed by atoms with Crippen LogP contribution in [-0.4, -0.2) is 17.8 Å². The molecule has 0 unspecified atom stereocenters. The van der Waals surface area contributed by atoms with Crippen molar-refractivity contribution in [2.75, 3.05) is 6.61 Å². The van der Waals surface area contributed by atoms with E-state index in [9.17, 15) is 9.59 Å². The zero-order chi connectivity index (χ0) is 13.8. The number of carbonyl (C=O) groups is 2. The standard InChI is InChI=1S/C13H10BrNO3S/c1-2-5-18-10-4-3-9(14)6-8(10)7-11-12(16)15-13(17)19-11/h2-4,6-7H,1,5H2,(H,15,16,17)/b11-7-. The van der Waals surface area contributed by atoms with Crippen molar-refractivity contribution < 1.29 is 14.3 Å². The average Bonchev–Trinajstić information content (AvgIpc) is 2.67. The molecule has 0 saturated carbocycles. The van der Waals surface area contributed by atoms with Crippen molar-refractivity contribution in [1.29, 1.82) is 0 Å². The minimum atomic E-state index is -0.385. The number of ether oxygens (including phenoxy) is 1. The minimum Gasteiger partial charge on any atom is -0.489 e. The SMILES string of the molecule is C=CCOc1ccc(Br)cc1/C=C1\SC(=O)NC1=O. The van der Waals surface area contributed by atoms with E-state index in [-0.39, 0.29) is 11.1 Å². The van der Waals surface area contributed by atoms with Crippen LogP contribution < -0.4 is 10.1 Å². The third-order valence-corrected chi connectivity index (χ3v) is 3.56. The Morgan fingerprint density at radius 3 is 2.84 bits per heavy atom. The Balaban J connectivity index is 2.35. The van der Waals surface area contributed by atoms with Crippen LogP contribution in [0.1, 0.15) is 5.56 Å². The lowest BCUT2D eigenvalue weighted by atomic mass is 10.2. The zero-order valence-corrected chi connectivity index (χ0v) is 12.2. The van der Waals surface area contributed by atoms with Gasteiger partial charge in [-0.05, 0) is 36.0 Å². The molecule has 0 radical (unpaired) electrons. The van der Waals surface area contributed by atoms with Crippen LogP contribution in [0.5, 0.6) is 5.75 Å². The summed E-state index contributed by atoms with van der Waals surface area (Å²) in [6.45, 7) is 3.96. The van der Waals surface area contributed by atoms with Crippen LogP contribution in [0.25, 0.3) is 6.08 Å². The minimum absolute atomic E-state index is 0.353. The first-order valence-electron chi connectivity index (χ1n) is 5.38. The maximum absolute atomic E-state index is 11.5. The van der Waals surface area contributed by atoms with Crippen molar-refractivity contribution >= 4 is 44.9 Å². The fraction of sp³-hybridized carbons (Fsp3) is 0.0769. The number of rotatable bonds is 4. The maximum Gasteiger partial charge on any atom is 0.290 e. The molecule has 0 aromatic heterocycles. The molecule has 0 spiro atoms. The number of halogens is 1. The highest BCUT2D eigenvalue weighted by Gasteiger charge is 2.25. The first-order valence-corrected chi connectivity index (χ1v) is 6.99. The van der Waals surface area contributed by atoms with Gasteiger partial charge in [-0.1, -0.05) is 28.6 Å². The van der Waals surface area contributed by atoms with E-state index in [1.807, 2.05) is 12.1 Å². The number of carbonyl (C=O) groups excluding carboxylic acids is 2. The van der Waals surface area contributed by atoms with Crippen LogP contribution in [0.3, 0.4) is 0 Å². The van der Waals surface area contributed by atoms with Crippen LogP contribution in [0.15, 0.2) is 40.2 Å². The summed E-state index contributed by atoms with van der Waals surface area (Å²) in [6.07, 6.45) is 3.27. The lowest BCUT2D eigenvalue weighted by Crippen LogP contribution is -2.17. The second-order valence-electron chi connectivity index (χ2n) is 3.63. The van der Waals surface area contributed by atoms with E-state index in [2.05, 4.69) is 27.8 Å². The number of benzene rings is 1. The van der Waals surface area contributed by atoms with Gasteiger partial charge in [0.25, 0.3) is 11.1 Å². The summed E-state index contributed by atoms with van der Waals surface area (Å²) < 4.78 is 6.37. The fourth-order valence-electron chi connectivity index (χ4n) is 1.47. The molecular formula is C13H10BrNO3S. The van der Waals surface area contributed by atoms with E-state index in [1.54, 1.807) is 18.2 Å². The summed E-state index contributed by atoms with van der Waals surface area (Å²) >= 11 is 4.24. The largest absolute Gasteiger partial charge is 0.489 e. The quantitative estimate of drug-likeness (QED) is 0.675. The molecule has 0 bridgehead atoms. The van der Waals surface area contributed by atoms with Gasteiger partial charge >= 0.3 is 0 Å². The highest BCUT2D eigenvalue weighted by molar-refractivity contribution is 9.10. The molecule has 1 saturated heterocycles. The van der Waals surface area contributed by atoms with Crippen molar-refractivity contribution in [3.63, 3.8) is 0 Å². The van der Waals surface area contributed by atoms with Gasteiger partial charge in [0, 0.05) is 10.0 Å². The normalized spacial score (nSPS) is 16.6. The Morgan fingerprint density at radius 1 is 1.42 bits per heavy atom. The Morgan fingerprint density at radius 2 is 2.21 bits per heavy atom. The number of hydrogen-bond donors (Lipinski definition) is 1. The van der Waals surface area contributed by atoms with Gasteiger partial charge in [0.15, 0.2) is 0 Å². The molecule has 1 N–H and O–H groups in total. The van der Waals surface area contributed by atoms with Crippen molar-refractivity contribution in [1.82, 2.24) is 5.32 Å². The lowest BCUT2D eigenvalue weighted by Gasteiger charge is -2.08. The summed E-state index contributed by atoms with van der Waals surface area (Å²) in [6, 6.07) is 5.45. The van der Waals surface area contributed by atoms with Crippen LogP contribution in [0.4, 0.5) is 4.79 Å². The number of thioether (sulfide) groups is 1. The third-order valence-electron chi connectivity index (χ3n) is 2.26.